The second-order valence-electron chi connectivity index (χ2n) is 3.09. The first-order chi connectivity index (χ1) is 8.48. The number of non-ortho nitro benzene ring substituents is 1. The van der Waals surface area contributed by atoms with Crippen molar-refractivity contribution in [2.75, 3.05) is 14.2 Å². The summed E-state index contributed by atoms with van der Waals surface area (Å²) in [5, 5.41) is 10.5. The molecule has 0 atom stereocenters. The van der Waals surface area contributed by atoms with Crippen LogP contribution in [-0.4, -0.2) is 29.4 Å². The Morgan fingerprint density at radius 3 is 2.17 bits per heavy atom. The molecule has 9 heteroatoms. The van der Waals surface area contributed by atoms with Crippen LogP contribution in [0.4, 0.5) is 5.69 Å². The first kappa shape index (κ1) is 14.2. The molecule has 1 aromatic rings. The Balaban J connectivity index is 3.24. The van der Waals surface area contributed by atoms with Crippen molar-refractivity contribution in [2.45, 2.75) is 0 Å². The Kier molecular flexibility index (Phi) is 4.47. The first-order valence-corrected chi connectivity index (χ1v) is 6.21. The molecule has 0 bridgehead atoms. The van der Waals surface area contributed by atoms with Gasteiger partial charge in [-0.1, -0.05) is 0 Å². The molecule has 0 N–H and O–H groups in total. The molecule has 0 saturated carbocycles. The van der Waals surface area contributed by atoms with E-state index < -0.39 is 12.5 Å². The van der Waals surface area contributed by atoms with Crippen molar-refractivity contribution >= 4 is 18.7 Å². The van der Waals surface area contributed by atoms with E-state index >= 15 is 0 Å². The number of nitro groups is 1. The molecule has 0 radical (unpaired) electrons. The molecule has 8 nitrogen and oxygen atoms in total. The summed E-state index contributed by atoms with van der Waals surface area (Å²) in [6.45, 7) is 0. The summed E-state index contributed by atoms with van der Waals surface area (Å²) in [5.41, 5.74) is 8.63. The standard InChI is InChI=1S/C9H10N3O5P/c1-16-18(15,17-2)9(11-10)7-3-5-8(6-4-7)12(13)14/h3-6H,1-2H3. The van der Waals surface area contributed by atoms with Gasteiger partial charge in [0.15, 0.2) is 0 Å². The van der Waals surface area contributed by atoms with Crippen molar-refractivity contribution in [1.29, 1.82) is 0 Å². The summed E-state index contributed by atoms with van der Waals surface area (Å²) in [5.74, 6) is 0. The Morgan fingerprint density at radius 1 is 1.33 bits per heavy atom. The van der Waals surface area contributed by atoms with Crippen LogP contribution in [0.2, 0.25) is 0 Å². The number of benzene rings is 1. The normalized spacial score (nSPS) is 10.8. The van der Waals surface area contributed by atoms with E-state index in [-0.39, 0.29) is 16.7 Å². The summed E-state index contributed by atoms with van der Waals surface area (Å²) in [4.78, 5) is 12.8. The lowest BCUT2D eigenvalue weighted by atomic mass is 10.2. The van der Waals surface area contributed by atoms with Gasteiger partial charge in [0.2, 0.25) is 0 Å². The summed E-state index contributed by atoms with van der Waals surface area (Å²) < 4.78 is 21.4. The predicted molar refractivity (Wildman–Crippen MR) is 62.4 cm³/mol. The molecule has 0 spiro atoms. The average molecular weight is 271 g/mol. The molecular weight excluding hydrogens is 261 g/mol. The van der Waals surface area contributed by atoms with Gasteiger partial charge in [0.1, 0.15) is 0 Å². The maximum atomic E-state index is 12.0. The van der Waals surface area contributed by atoms with Crippen LogP contribution in [-0.2, 0) is 13.6 Å². The lowest BCUT2D eigenvalue weighted by molar-refractivity contribution is -0.384. The van der Waals surface area contributed by atoms with Crippen LogP contribution in [0.1, 0.15) is 5.56 Å². The Bertz CT molecular complexity index is 542. The van der Waals surface area contributed by atoms with Crippen LogP contribution in [0.25, 0.3) is 5.53 Å². The molecule has 0 amide bonds. The molecule has 18 heavy (non-hydrogen) atoms. The van der Waals surface area contributed by atoms with Gasteiger partial charge < -0.3 is 14.6 Å². The SMILES string of the molecule is COP(=O)(OC)C(=[N+]=[N-])c1ccc([N+](=O)[O-])cc1. The largest absolute Gasteiger partial charge is 0.442 e. The van der Waals surface area contributed by atoms with Crippen LogP contribution >= 0.6 is 7.60 Å². The topological polar surface area (TPSA) is 115 Å². The summed E-state index contributed by atoms with van der Waals surface area (Å²) in [7, 11) is -1.44. The second kappa shape index (κ2) is 5.66. The smallest absolute Gasteiger partial charge is 0.360 e. The van der Waals surface area contributed by atoms with E-state index in [1.54, 1.807) is 0 Å². The van der Waals surface area contributed by atoms with E-state index in [0.29, 0.717) is 0 Å². The highest BCUT2D eigenvalue weighted by molar-refractivity contribution is 7.72. The predicted octanol–water partition coefficient (Wildman–Crippen LogP) is 2.06. The van der Waals surface area contributed by atoms with Crippen LogP contribution in [0, 0.1) is 10.1 Å². The van der Waals surface area contributed by atoms with Gasteiger partial charge >= 0.3 is 13.0 Å². The lowest BCUT2D eigenvalue weighted by Crippen LogP contribution is -2.07. The van der Waals surface area contributed by atoms with Gasteiger partial charge in [-0.25, -0.2) is 4.57 Å². The van der Waals surface area contributed by atoms with E-state index in [1.165, 1.54) is 24.3 Å². The minimum absolute atomic E-state index is 0.138. The molecule has 96 valence electrons. The van der Waals surface area contributed by atoms with Gasteiger partial charge in [0.05, 0.1) is 10.5 Å². The monoisotopic (exact) mass is 271 g/mol. The van der Waals surface area contributed by atoms with Crippen molar-refractivity contribution in [2.24, 2.45) is 0 Å². The fraction of sp³-hybridized carbons (Fsp3) is 0.222. The molecule has 1 rings (SSSR count). The molecule has 0 saturated heterocycles. The number of rotatable bonds is 5. The third-order valence-corrected chi connectivity index (χ3v) is 4.00. The molecule has 1 aromatic carbocycles. The molecular formula is C9H10N3O5P. The maximum absolute atomic E-state index is 12.0. The van der Waals surface area contributed by atoms with Crippen molar-refractivity contribution in [3.05, 3.63) is 45.5 Å². The van der Waals surface area contributed by atoms with Gasteiger partial charge in [-0.05, 0) is 12.1 Å². The number of nitro benzene ring substituents is 1. The van der Waals surface area contributed by atoms with E-state index in [1.807, 2.05) is 0 Å². The summed E-state index contributed by atoms with van der Waals surface area (Å²) >= 11 is 0. The van der Waals surface area contributed by atoms with Crippen LogP contribution in [0.3, 0.4) is 0 Å². The Morgan fingerprint density at radius 2 is 1.83 bits per heavy atom. The number of nitrogens with zero attached hydrogens (tertiary/aromatic N) is 3. The molecule has 0 aliphatic heterocycles. The van der Waals surface area contributed by atoms with E-state index in [4.69, 9.17) is 5.53 Å². The minimum Gasteiger partial charge on any atom is -0.360 e. The zero-order chi connectivity index (χ0) is 13.8. The quantitative estimate of drug-likeness (QED) is 0.203. The molecule has 0 aliphatic carbocycles. The zero-order valence-electron chi connectivity index (χ0n) is 9.64. The highest BCUT2D eigenvalue weighted by Gasteiger charge is 2.39. The highest BCUT2D eigenvalue weighted by atomic mass is 31.2. The Labute approximate surface area is 102 Å². The average Bonchev–Trinajstić information content (AvgIpc) is 2.39. The minimum atomic E-state index is -3.72. The van der Waals surface area contributed by atoms with Crippen LogP contribution in [0.5, 0.6) is 0 Å². The van der Waals surface area contributed by atoms with Crippen molar-refractivity contribution in [3.8, 4) is 0 Å². The van der Waals surface area contributed by atoms with Gasteiger partial charge in [0, 0.05) is 26.4 Å². The third kappa shape index (κ3) is 2.69. The summed E-state index contributed by atoms with van der Waals surface area (Å²) in [6.07, 6.45) is 0. The first-order valence-electron chi connectivity index (χ1n) is 4.67. The van der Waals surface area contributed by atoms with E-state index in [0.717, 1.165) is 14.2 Å². The molecule has 0 fully saturated rings. The molecule has 0 unspecified atom stereocenters. The molecule has 0 heterocycles. The number of hydrogen-bond acceptors (Lipinski definition) is 5. The zero-order valence-corrected chi connectivity index (χ0v) is 10.5. The fourth-order valence-electron chi connectivity index (χ4n) is 1.25. The third-order valence-electron chi connectivity index (χ3n) is 2.17. The van der Waals surface area contributed by atoms with Crippen LogP contribution in [0.15, 0.2) is 24.3 Å². The van der Waals surface area contributed by atoms with Crippen LogP contribution < -0.4 is 0 Å². The highest BCUT2D eigenvalue weighted by Crippen LogP contribution is 2.49. The molecule has 0 aromatic heterocycles. The van der Waals surface area contributed by atoms with E-state index in [9.17, 15) is 14.7 Å². The van der Waals surface area contributed by atoms with Gasteiger partial charge in [-0.2, -0.15) is 4.79 Å². The van der Waals surface area contributed by atoms with Crippen molar-refractivity contribution in [1.82, 2.24) is 0 Å². The van der Waals surface area contributed by atoms with Crippen molar-refractivity contribution < 1.29 is 23.3 Å². The lowest BCUT2D eigenvalue weighted by Gasteiger charge is -2.08. The Hall–Kier alpha value is -1.85. The number of hydrogen-bond donors (Lipinski definition) is 0. The van der Waals surface area contributed by atoms with Gasteiger partial charge in [0.25, 0.3) is 5.69 Å². The molecule has 0 aliphatic rings. The summed E-state index contributed by atoms with van der Waals surface area (Å²) in [6, 6.07) is 4.96. The van der Waals surface area contributed by atoms with Gasteiger partial charge in [-0.3, -0.25) is 10.1 Å². The fourth-order valence-corrected chi connectivity index (χ4v) is 2.32. The van der Waals surface area contributed by atoms with E-state index in [2.05, 4.69) is 13.8 Å². The maximum Gasteiger partial charge on any atom is 0.442 e. The second-order valence-corrected chi connectivity index (χ2v) is 5.24. The van der Waals surface area contributed by atoms with Gasteiger partial charge in [-0.15, -0.1) is 0 Å². The van der Waals surface area contributed by atoms with Crippen molar-refractivity contribution in [3.63, 3.8) is 0 Å².